The number of carbonyl (C=O) groups is 1. The first kappa shape index (κ1) is 28.0. The van der Waals surface area contributed by atoms with Crippen LogP contribution in [0.2, 0.25) is 0 Å². The molecule has 0 amide bonds. The van der Waals surface area contributed by atoms with Gasteiger partial charge < -0.3 is 9.47 Å². The molecule has 0 aromatic heterocycles. The third-order valence-corrected chi connectivity index (χ3v) is 11.7. The van der Waals surface area contributed by atoms with Gasteiger partial charge in [0.15, 0.2) is 0 Å². The molecule has 0 unspecified atom stereocenters. The fraction of sp³-hybridized carbons (Fsp3) is 0.909. The third kappa shape index (κ3) is 5.56. The van der Waals surface area contributed by atoms with Crippen LogP contribution >= 0.6 is 0 Å². The summed E-state index contributed by atoms with van der Waals surface area (Å²) < 4.78 is 11.2. The van der Waals surface area contributed by atoms with Crippen molar-refractivity contribution in [2.45, 2.75) is 132 Å². The lowest BCUT2D eigenvalue weighted by Crippen LogP contribution is -2.51. The van der Waals surface area contributed by atoms with Gasteiger partial charge >= 0.3 is 6.16 Å². The molecule has 9 atom stereocenters. The van der Waals surface area contributed by atoms with E-state index >= 15 is 0 Å². The Bertz CT molecular complexity index is 786. The Balaban J connectivity index is 1.38. The molecule has 0 saturated heterocycles. The number of rotatable bonds is 9. The minimum absolute atomic E-state index is 0.0123. The summed E-state index contributed by atoms with van der Waals surface area (Å²) in [6.07, 6.45) is 17.3. The molecule has 0 aromatic carbocycles. The first-order valence-electron chi connectivity index (χ1n) is 15.6. The molecule has 3 fully saturated rings. The summed E-state index contributed by atoms with van der Waals surface area (Å²) in [7, 11) is 0. The second-order valence-electron chi connectivity index (χ2n) is 14.3. The van der Waals surface area contributed by atoms with Crippen molar-refractivity contribution in [3.63, 3.8) is 0 Å². The Morgan fingerprint density at radius 2 is 1.81 bits per heavy atom. The van der Waals surface area contributed by atoms with E-state index in [2.05, 4.69) is 54.5 Å². The van der Waals surface area contributed by atoms with Crippen LogP contribution in [0.4, 0.5) is 4.79 Å². The van der Waals surface area contributed by atoms with Crippen molar-refractivity contribution in [1.29, 1.82) is 0 Å². The molecule has 0 bridgehead atoms. The molecule has 36 heavy (non-hydrogen) atoms. The van der Waals surface area contributed by atoms with Gasteiger partial charge in [0.2, 0.25) is 0 Å². The second-order valence-corrected chi connectivity index (χ2v) is 14.3. The third-order valence-electron chi connectivity index (χ3n) is 11.7. The molecule has 4 aliphatic carbocycles. The van der Waals surface area contributed by atoms with Crippen molar-refractivity contribution >= 4 is 6.16 Å². The number of carbonyl (C=O) groups excluding carboxylic acids is 1. The highest BCUT2D eigenvalue weighted by atomic mass is 16.7. The van der Waals surface area contributed by atoms with E-state index in [1.807, 2.05) is 0 Å². The van der Waals surface area contributed by atoms with E-state index < -0.39 is 6.16 Å². The SMILES string of the molecule is CC[C@@H](C)COC(=O)O[C@H]1CC[C@@]2(C)C(=CC[C@H]3[C@H]4CC[C@H]([C@@H](C)CCCC(C)C)[C@]4(C)CC[C@H]32)C1. The molecule has 0 radical (unpaired) electrons. The van der Waals surface area contributed by atoms with Crippen LogP contribution < -0.4 is 0 Å². The van der Waals surface area contributed by atoms with E-state index in [4.69, 9.17) is 9.47 Å². The molecule has 0 heterocycles. The Labute approximate surface area is 222 Å². The molecule has 206 valence electrons. The predicted molar refractivity (Wildman–Crippen MR) is 149 cm³/mol. The van der Waals surface area contributed by atoms with Crippen molar-refractivity contribution in [1.82, 2.24) is 0 Å². The number of ether oxygens (including phenoxy) is 2. The van der Waals surface area contributed by atoms with Crippen LogP contribution in [0.15, 0.2) is 11.6 Å². The van der Waals surface area contributed by atoms with Gasteiger partial charge in [-0.1, -0.05) is 85.8 Å². The fourth-order valence-corrected chi connectivity index (χ4v) is 9.25. The predicted octanol–water partition coefficient (Wildman–Crippen LogP) is 9.60. The Morgan fingerprint density at radius 3 is 2.53 bits per heavy atom. The van der Waals surface area contributed by atoms with E-state index in [-0.39, 0.29) is 6.10 Å². The van der Waals surface area contributed by atoms with Gasteiger partial charge in [-0.3, -0.25) is 0 Å². The molecule has 0 aromatic rings. The van der Waals surface area contributed by atoms with E-state index in [9.17, 15) is 4.79 Å². The van der Waals surface area contributed by atoms with Gasteiger partial charge in [0, 0.05) is 6.42 Å². The van der Waals surface area contributed by atoms with Crippen molar-refractivity contribution in [2.75, 3.05) is 6.61 Å². The summed E-state index contributed by atoms with van der Waals surface area (Å²) in [6, 6.07) is 0. The van der Waals surface area contributed by atoms with Crippen molar-refractivity contribution < 1.29 is 14.3 Å². The zero-order valence-electron chi connectivity index (χ0n) is 24.6. The Hall–Kier alpha value is -0.990. The summed E-state index contributed by atoms with van der Waals surface area (Å²) in [5, 5.41) is 0. The minimum atomic E-state index is -0.467. The summed E-state index contributed by atoms with van der Waals surface area (Å²) in [5.41, 5.74) is 2.42. The molecule has 0 N–H and O–H groups in total. The lowest BCUT2D eigenvalue weighted by atomic mass is 9.47. The van der Waals surface area contributed by atoms with Crippen molar-refractivity contribution in [3.8, 4) is 0 Å². The highest BCUT2D eigenvalue weighted by molar-refractivity contribution is 5.60. The molecule has 0 aliphatic heterocycles. The van der Waals surface area contributed by atoms with Crippen LogP contribution in [0.25, 0.3) is 0 Å². The van der Waals surface area contributed by atoms with Crippen LogP contribution in [-0.2, 0) is 9.47 Å². The van der Waals surface area contributed by atoms with Gasteiger partial charge in [0.1, 0.15) is 6.10 Å². The van der Waals surface area contributed by atoms with Gasteiger partial charge in [0.25, 0.3) is 0 Å². The monoisotopic (exact) mass is 500 g/mol. The van der Waals surface area contributed by atoms with E-state index in [0.717, 1.165) is 61.2 Å². The Morgan fingerprint density at radius 1 is 1.03 bits per heavy atom. The van der Waals surface area contributed by atoms with Gasteiger partial charge in [-0.05, 0) is 97.2 Å². The second kappa shape index (κ2) is 11.4. The lowest BCUT2D eigenvalue weighted by Gasteiger charge is -2.58. The smallest absolute Gasteiger partial charge is 0.434 e. The van der Waals surface area contributed by atoms with Gasteiger partial charge in [-0.2, -0.15) is 0 Å². The first-order valence-corrected chi connectivity index (χ1v) is 15.6. The van der Waals surface area contributed by atoms with E-state index in [0.29, 0.717) is 23.4 Å². The molecule has 4 rings (SSSR count). The molecule has 4 aliphatic rings. The standard InChI is InChI=1S/C33H56O3/c1-8-23(4)21-35-31(34)36-26-16-18-32(6)25(20-26)12-13-27-29-15-14-28(24(5)11-9-10-22(2)3)33(29,7)19-17-30(27)32/h12,22-24,26-30H,8-11,13-21H2,1-7H3/t23-,24+,26+,27+,28-,29-,30-,32+,33+/m1/s1. The molecule has 0 spiro atoms. The van der Waals surface area contributed by atoms with E-state index in [1.165, 1.54) is 51.4 Å². The average molecular weight is 501 g/mol. The number of allylic oxidation sites excluding steroid dienone is 1. The highest BCUT2D eigenvalue weighted by Gasteiger charge is 2.59. The van der Waals surface area contributed by atoms with E-state index in [1.54, 1.807) is 5.57 Å². The molecular formula is C33H56O3. The van der Waals surface area contributed by atoms with Gasteiger partial charge in [0.05, 0.1) is 6.61 Å². The lowest BCUT2D eigenvalue weighted by molar-refractivity contribution is -0.0621. The van der Waals surface area contributed by atoms with Crippen LogP contribution in [0.1, 0.15) is 126 Å². The van der Waals surface area contributed by atoms with Crippen LogP contribution in [-0.4, -0.2) is 18.9 Å². The summed E-state index contributed by atoms with van der Waals surface area (Å²) in [4.78, 5) is 12.3. The van der Waals surface area contributed by atoms with Gasteiger partial charge in [-0.25, -0.2) is 4.79 Å². The first-order chi connectivity index (χ1) is 17.1. The van der Waals surface area contributed by atoms with Crippen molar-refractivity contribution in [2.24, 2.45) is 52.3 Å². The number of fused-ring (bicyclic) bond motifs is 5. The topological polar surface area (TPSA) is 35.5 Å². The Kier molecular flexibility index (Phi) is 8.88. The molecule has 3 saturated carbocycles. The van der Waals surface area contributed by atoms with Crippen molar-refractivity contribution in [3.05, 3.63) is 11.6 Å². The maximum Gasteiger partial charge on any atom is 0.508 e. The van der Waals surface area contributed by atoms with Crippen LogP contribution in [0, 0.1) is 52.3 Å². The zero-order valence-corrected chi connectivity index (χ0v) is 24.6. The largest absolute Gasteiger partial charge is 0.508 e. The minimum Gasteiger partial charge on any atom is -0.434 e. The molecular weight excluding hydrogens is 444 g/mol. The number of hydrogen-bond donors (Lipinski definition) is 0. The average Bonchev–Trinajstić information content (AvgIpc) is 3.19. The zero-order chi connectivity index (χ0) is 26.1. The quantitative estimate of drug-likeness (QED) is 0.233. The summed E-state index contributed by atoms with van der Waals surface area (Å²) in [6.45, 7) is 17.2. The van der Waals surface area contributed by atoms with Crippen LogP contribution in [0.3, 0.4) is 0 Å². The molecule has 3 heteroatoms. The summed E-state index contributed by atoms with van der Waals surface area (Å²) >= 11 is 0. The van der Waals surface area contributed by atoms with Crippen LogP contribution in [0.5, 0.6) is 0 Å². The van der Waals surface area contributed by atoms with Gasteiger partial charge in [-0.15, -0.1) is 0 Å². The highest BCUT2D eigenvalue weighted by Crippen LogP contribution is 2.67. The summed E-state index contributed by atoms with van der Waals surface area (Å²) in [5.74, 6) is 5.56. The normalized spacial score (nSPS) is 39.4. The maximum atomic E-state index is 12.3. The fourth-order valence-electron chi connectivity index (χ4n) is 9.25. The number of hydrogen-bond acceptors (Lipinski definition) is 3. The maximum absolute atomic E-state index is 12.3. The molecule has 3 nitrogen and oxygen atoms in total.